The maximum Gasteiger partial charge on any atom is 0.180 e. The lowest BCUT2D eigenvalue weighted by Gasteiger charge is -2.02. The molecule has 0 heterocycles. The third-order valence-electron chi connectivity index (χ3n) is 2.60. The average molecular weight is 373 g/mol. The minimum atomic E-state index is 0.372. The van der Waals surface area contributed by atoms with Gasteiger partial charge in [-0.3, -0.25) is 0 Å². The zero-order valence-electron chi connectivity index (χ0n) is 11.3. The molecular weight excluding hydrogens is 361 g/mol. The Balaban J connectivity index is 1.89. The van der Waals surface area contributed by atoms with Crippen LogP contribution in [0.2, 0.25) is 15.1 Å². The van der Waals surface area contributed by atoms with Crippen molar-refractivity contribution < 1.29 is 0 Å². The topological polar surface area (TPSA) is 50.7 Å². The number of halogens is 3. The molecule has 0 aliphatic rings. The number of thioether (sulfide) groups is 1. The molecule has 0 saturated carbocycles. The number of benzene rings is 2. The fourth-order valence-corrected chi connectivity index (χ4v) is 2.56. The molecule has 0 amide bonds. The summed E-state index contributed by atoms with van der Waals surface area (Å²) in [4.78, 5) is 0. The summed E-state index contributed by atoms with van der Waals surface area (Å²) >= 11 is 19.0. The number of hydrogen-bond donors (Lipinski definition) is 1. The summed E-state index contributed by atoms with van der Waals surface area (Å²) in [6, 6.07) is 12.7. The Morgan fingerprint density at radius 1 is 1.05 bits per heavy atom. The van der Waals surface area contributed by atoms with E-state index in [0.29, 0.717) is 26.0 Å². The highest BCUT2D eigenvalue weighted by Crippen LogP contribution is 2.24. The van der Waals surface area contributed by atoms with Crippen molar-refractivity contribution in [2.45, 2.75) is 5.75 Å². The second kappa shape index (κ2) is 8.44. The fourth-order valence-electron chi connectivity index (χ4n) is 1.52. The number of hydrogen-bond acceptors (Lipinski definition) is 3. The van der Waals surface area contributed by atoms with E-state index in [-0.39, 0.29) is 0 Å². The van der Waals surface area contributed by atoms with Gasteiger partial charge in [0.25, 0.3) is 0 Å². The Labute approximate surface area is 148 Å². The largest absolute Gasteiger partial charge is 0.377 e. The zero-order chi connectivity index (χ0) is 15.9. The first-order valence-electron chi connectivity index (χ1n) is 6.23. The minimum absolute atomic E-state index is 0.372. The maximum absolute atomic E-state index is 5.96. The van der Waals surface area contributed by atoms with Gasteiger partial charge in [-0.25, -0.2) is 0 Å². The first-order valence-corrected chi connectivity index (χ1v) is 8.35. The number of nitrogens with two attached hydrogens (primary N) is 1. The lowest BCUT2D eigenvalue weighted by atomic mass is 10.2. The Morgan fingerprint density at radius 2 is 1.77 bits per heavy atom. The Morgan fingerprint density at radius 3 is 2.45 bits per heavy atom. The Kier molecular flexibility index (Phi) is 6.58. The highest BCUT2D eigenvalue weighted by atomic mass is 35.5. The van der Waals surface area contributed by atoms with Crippen LogP contribution in [0.5, 0.6) is 0 Å². The predicted molar refractivity (Wildman–Crippen MR) is 98.4 cm³/mol. The standard InChI is InChI=1S/C15H12Cl3N3S/c16-12-4-1-10(2-5-12)8-20-21-15(19)22-9-11-3-6-13(17)14(18)7-11/h1-8H,9H2,(H2,19,21)/b20-8+. The van der Waals surface area contributed by atoms with Crippen LogP contribution in [-0.2, 0) is 5.75 Å². The first-order chi connectivity index (χ1) is 10.5. The van der Waals surface area contributed by atoms with Crippen molar-refractivity contribution >= 4 is 57.9 Å². The van der Waals surface area contributed by atoms with Gasteiger partial charge in [0.1, 0.15) is 0 Å². The van der Waals surface area contributed by atoms with Gasteiger partial charge < -0.3 is 5.73 Å². The molecule has 114 valence electrons. The van der Waals surface area contributed by atoms with Crippen molar-refractivity contribution in [3.8, 4) is 0 Å². The molecule has 0 saturated heterocycles. The lowest BCUT2D eigenvalue weighted by molar-refractivity contribution is 1.25. The van der Waals surface area contributed by atoms with Crippen LogP contribution in [0.4, 0.5) is 0 Å². The van der Waals surface area contributed by atoms with Crippen molar-refractivity contribution in [2.24, 2.45) is 15.9 Å². The van der Waals surface area contributed by atoms with Crippen molar-refractivity contribution in [1.29, 1.82) is 0 Å². The van der Waals surface area contributed by atoms with Gasteiger partial charge in [-0.05, 0) is 35.4 Å². The Bertz CT molecular complexity index is 700. The van der Waals surface area contributed by atoms with E-state index in [1.807, 2.05) is 18.2 Å². The summed E-state index contributed by atoms with van der Waals surface area (Å²) < 4.78 is 0. The highest BCUT2D eigenvalue weighted by Gasteiger charge is 2.01. The van der Waals surface area contributed by atoms with Crippen LogP contribution in [0, 0.1) is 0 Å². The van der Waals surface area contributed by atoms with E-state index < -0.39 is 0 Å². The second-order valence-corrected chi connectivity index (χ2v) is 6.52. The molecule has 0 aliphatic carbocycles. The monoisotopic (exact) mass is 371 g/mol. The van der Waals surface area contributed by atoms with E-state index >= 15 is 0 Å². The van der Waals surface area contributed by atoms with E-state index in [2.05, 4.69) is 10.2 Å². The summed E-state index contributed by atoms with van der Waals surface area (Å²) in [6.45, 7) is 0. The van der Waals surface area contributed by atoms with Crippen LogP contribution in [0.25, 0.3) is 0 Å². The van der Waals surface area contributed by atoms with E-state index in [4.69, 9.17) is 40.5 Å². The molecule has 0 spiro atoms. The molecule has 2 aromatic rings. The van der Waals surface area contributed by atoms with Crippen LogP contribution >= 0.6 is 46.6 Å². The van der Waals surface area contributed by atoms with Crippen molar-refractivity contribution in [3.05, 3.63) is 68.7 Å². The molecule has 0 bridgehead atoms. The number of amidine groups is 1. The molecule has 0 radical (unpaired) electrons. The summed E-state index contributed by atoms with van der Waals surface area (Å²) in [7, 11) is 0. The fraction of sp³-hybridized carbons (Fsp3) is 0.0667. The lowest BCUT2D eigenvalue weighted by Crippen LogP contribution is -2.06. The van der Waals surface area contributed by atoms with Gasteiger partial charge in [0, 0.05) is 10.8 Å². The van der Waals surface area contributed by atoms with E-state index in [9.17, 15) is 0 Å². The predicted octanol–water partition coefficient (Wildman–Crippen LogP) is 5.23. The third kappa shape index (κ3) is 5.54. The van der Waals surface area contributed by atoms with Gasteiger partial charge >= 0.3 is 0 Å². The van der Waals surface area contributed by atoms with Gasteiger partial charge in [0.05, 0.1) is 16.3 Å². The average Bonchev–Trinajstić information content (AvgIpc) is 2.50. The summed E-state index contributed by atoms with van der Waals surface area (Å²) in [5.41, 5.74) is 7.71. The molecule has 0 unspecified atom stereocenters. The molecule has 0 aliphatic heterocycles. The molecule has 2 rings (SSSR count). The molecule has 3 nitrogen and oxygen atoms in total. The molecule has 2 aromatic carbocycles. The molecule has 0 fully saturated rings. The van der Waals surface area contributed by atoms with Gasteiger partial charge in [0.2, 0.25) is 0 Å². The van der Waals surface area contributed by atoms with Gasteiger partial charge in [0.15, 0.2) is 5.17 Å². The van der Waals surface area contributed by atoms with Crippen LogP contribution in [0.15, 0.2) is 52.7 Å². The SMILES string of the molecule is N/C(=N\N=C\c1ccc(Cl)cc1)SCc1ccc(Cl)c(Cl)c1. The summed E-state index contributed by atoms with van der Waals surface area (Å²) in [5, 5.41) is 9.98. The van der Waals surface area contributed by atoms with Crippen molar-refractivity contribution in [3.63, 3.8) is 0 Å². The van der Waals surface area contributed by atoms with Crippen LogP contribution in [0.3, 0.4) is 0 Å². The molecular formula is C15H12Cl3N3S. The highest BCUT2D eigenvalue weighted by molar-refractivity contribution is 8.13. The molecule has 7 heteroatoms. The van der Waals surface area contributed by atoms with Crippen LogP contribution < -0.4 is 5.73 Å². The zero-order valence-corrected chi connectivity index (χ0v) is 14.4. The minimum Gasteiger partial charge on any atom is -0.377 e. The molecule has 22 heavy (non-hydrogen) atoms. The van der Waals surface area contributed by atoms with E-state index in [0.717, 1.165) is 11.1 Å². The van der Waals surface area contributed by atoms with Crippen molar-refractivity contribution in [1.82, 2.24) is 0 Å². The van der Waals surface area contributed by atoms with Gasteiger partial charge in [-0.2, -0.15) is 5.10 Å². The van der Waals surface area contributed by atoms with E-state index in [1.54, 1.807) is 30.5 Å². The summed E-state index contributed by atoms with van der Waals surface area (Å²) in [6.07, 6.45) is 1.61. The quantitative estimate of drug-likeness (QED) is 0.454. The van der Waals surface area contributed by atoms with Crippen LogP contribution in [0.1, 0.15) is 11.1 Å². The molecule has 2 N–H and O–H groups in total. The van der Waals surface area contributed by atoms with Crippen LogP contribution in [-0.4, -0.2) is 11.4 Å². The van der Waals surface area contributed by atoms with Crippen molar-refractivity contribution in [2.75, 3.05) is 0 Å². The molecule has 0 atom stereocenters. The van der Waals surface area contributed by atoms with Gasteiger partial charge in [-0.15, -0.1) is 5.10 Å². The number of nitrogens with zero attached hydrogens (tertiary/aromatic N) is 2. The number of rotatable bonds is 4. The third-order valence-corrected chi connectivity index (χ3v) is 4.45. The Hall–Kier alpha value is -1.20. The maximum atomic E-state index is 5.96. The smallest absolute Gasteiger partial charge is 0.180 e. The normalized spacial score (nSPS) is 12.0. The summed E-state index contributed by atoms with van der Waals surface area (Å²) in [5.74, 6) is 0.642. The van der Waals surface area contributed by atoms with Gasteiger partial charge in [-0.1, -0.05) is 64.8 Å². The second-order valence-electron chi connectivity index (χ2n) is 4.27. The first kappa shape index (κ1) is 17.2. The van der Waals surface area contributed by atoms with E-state index in [1.165, 1.54) is 11.8 Å². The molecule has 0 aromatic heterocycles.